The number of rotatable bonds is 6. The Balaban J connectivity index is 1.21. The molecule has 1 fully saturated rings. The number of amides is 2. The summed E-state index contributed by atoms with van der Waals surface area (Å²) in [4.78, 5) is 31.0. The van der Waals surface area contributed by atoms with Crippen molar-refractivity contribution in [1.29, 1.82) is 0 Å². The fourth-order valence-corrected chi connectivity index (χ4v) is 5.86. The fraction of sp³-hybridized carbons (Fsp3) is 0.423. The maximum atomic E-state index is 12.7. The molecule has 8 heteroatoms. The van der Waals surface area contributed by atoms with Gasteiger partial charge in [-0.15, -0.1) is 0 Å². The predicted octanol–water partition coefficient (Wildman–Crippen LogP) is 3.06. The van der Waals surface area contributed by atoms with Crippen LogP contribution < -0.4 is 15.5 Å². The van der Waals surface area contributed by atoms with Crippen molar-refractivity contribution in [3.63, 3.8) is 0 Å². The molecule has 178 valence electrons. The van der Waals surface area contributed by atoms with Gasteiger partial charge in [0.2, 0.25) is 11.8 Å². The average Bonchev–Trinajstić information content (AvgIpc) is 3.28. The minimum atomic E-state index is -0.647. The summed E-state index contributed by atoms with van der Waals surface area (Å²) in [6.45, 7) is 8.63. The summed E-state index contributed by atoms with van der Waals surface area (Å²) in [7, 11) is 0. The third-order valence-electron chi connectivity index (χ3n) is 7.13. The highest BCUT2D eigenvalue weighted by atomic mass is 32.1. The molecule has 0 bridgehead atoms. The third-order valence-corrected chi connectivity index (χ3v) is 7.95. The molecule has 2 aliphatic heterocycles. The molecule has 1 aromatic heterocycles. The van der Waals surface area contributed by atoms with E-state index in [9.17, 15) is 9.59 Å². The number of carbonyl (C=O) groups excluding carboxylic acids is 2. The van der Waals surface area contributed by atoms with E-state index in [0.29, 0.717) is 6.42 Å². The molecule has 0 saturated carbocycles. The number of nitrogens with zero attached hydrogens (tertiary/aromatic N) is 4. The Morgan fingerprint density at radius 3 is 2.71 bits per heavy atom. The highest BCUT2D eigenvalue weighted by molar-refractivity contribution is 7.13. The van der Waals surface area contributed by atoms with Gasteiger partial charge in [0.15, 0.2) is 0 Å². The van der Waals surface area contributed by atoms with Gasteiger partial charge in [-0.05, 0) is 60.6 Å². The number of carbonyl (C=O) groups is 2. The van der Waals surface area contributed by atoms with Crippen molar-refractivity contribution in [3.8, 4) is 0 Å². The molecule has 2 unspecified atom stereocenters. The Bertz CT molecular complexity index is 1220. The summed E-state index contributed by atoms with van der Waals surface area (Å²) in [6, 6.07) is 14.1. The molecule has 2 aliphatic rings. The van der Waals surface area contributed by atoms with Gasteiger partial charge in [-0.3, -0.25) is 19.4 Å². The predicted molar refractivity (Wildman–Crippen MR) is 137 cm³/mol. The Hall–Kier alpha value is -2.97. The molecule has 2 N–H and O–H groups in total. The van der Waals surface area contributed by atoms with Gasteiger partial charge in [0.25, 0.3) is 0 Å². The van der Waals surface area contributed by atoms with E-state index in [2.05, 4.69) is 46.2 Å². The third kappa shape index (κ3) is 4.28. The van der Waals surface area contributed by atoms with Gasteiger partial charge in [0.05, 0.1) is 4.70 Å². The lowest BCUT2D eigenvalue weighted by molar-refractivity contribution is -0.126. The molecule has 34 heavy (non-hydrogen) atoms. The first-order valence-electron chi connectivity index (χ1n) is 12.0. The van der Waals surface area contributed by atoms with Crippen molar-refractivity contribution >= 4 is 44.9 Å². The SMILES string of the molecule is CC1Cc2cc(CCN3CCN(c4nsc5ccccc45)CC3)ccc2N(C(C)C(N)=O)C1=O. The zero-order chi connectivity index (χ0) is 23.8. The first-order valence-corrected chi connectivity index (χ1v) is 12.8. The van der Waals surface area contributed by atoms with Crippen molar-refractivity contribution in [3.05, 3.63) is 53.6 Å². The van der Waals surface area contributed by atoms with Crippen LogP contribution in [0.3, 0.4) is 0 Å². The maximum absolute atomic E-state index is 12.7. The van der Waals surface area contributed by atoms with Crippen LogP contribution in [0.5, 0.6) is 0 Å². The number of nitrogens with two attached hydrogens (primary N) is 1. The Morgan fingerprint density at radius 2 is 1.94 bits per heavy atom. The molecule has 3 heterocycles. The lowest BCUT2D eigenvalue weighted by Gasteiger charge is -2.36. The first kappa shape index (κ1) is 22.8. The molecule has 2 aromatic carbocycles. The Labute approximate surface area is 204 Å². The number of benzene rings is 2. The minimum Gasteiger partial charge on any atom is -0.368 e. The summed E-state index contributed by atoms with van der Waals surface area (Å²) in [6.07, 6.45) is 1.66. The molecule has 2 amide bonds. The van der Waals surface area contributed by atoms with E-state index in [4.69, 9.17) is 10.1 Å². The smallest absolute Gasteiger partial charge is 0.240 e. The van der Waals surface area contributed by atoms with Crippen molar-refractivity contribution in [2.24, 2.45) is 11.7 Å². The number of piperazine rings is 1. The van der Waals surface area contributed by atoms with Gasteiger partial charge in [-0.2, -0.15) is 4.37 Å². The maximum Gasteiger partial charge on any atom is 0.240 e. The summed E-state index contributed by atoms with van der Waals surface area (Å²) in [5, 5.41) is 1.25. The van der Waals surface area contributed by atoms with Crippen LogP contribution in [-0.4, -0.2) is 59.9 Å². The molecule has 0 spiro atoms. The van der Waals surface area contributed by atoms with E-state index in [-0.39, 0.29) is 11.8 Å². The number of hydrogen-bond acceptors (Lipinski definition) is 6. The monoisotopic (exact) mass is 477 g/mol. The summed E-state index contributed by atoms with van der Waals surface area (Å²) in [5.41, 5.74) is 8.72. The quantitative estimate of drug-likeness (QED) is 0.590. The molecule has 2 atom stereocenters. The molecule has 1 saturated heterocycles. The standard InChI is InChI=1S/C26H31N5O2S/c1-17-15-20-16-19(7-8-22(20)31(26(17)33)18(2)24(27)32)9-10-29-11-13-30(14-12-29)25-21-5-3-4-6-23(21)34-28-25/h3-8,16-18H,9-15H2,1-2H3,(H2,27,32). The number of fused-ring (bicyclic) bond motifs is 2. The van der Waals surface area contributed by atoms with Gasteiger partial charge >= 0.3 is 0 Å². The first-order chi connectivity index (χ1) is 16.4. The van der Waals surface area contributed by atoms with Gasteiger partial charge in [0, 0.05) is 49.7 Å². The van der Waals surface area contributed by atoms with Crippen LogP contribution in [0.1, 0.15) is 25.0 Å². The number of primary amides is 1. The second-order valence-corrected chi connectivity index (χ2v) is 10.2. The zero-order valence-electron chi connectivity index (χ0n) is 19.7. The summed E-state index contributed by atoms with van der Waals surface area (Å²) < 4.78 is 5.95. The average molecular weight is 478 g/mol. The fourth-order valence-electron chi connectivity index (χ4n) is 5.06. The minimum absolute atomic E-state index is 0.0303. The normalized spacial score (nSPS) is 19.9. The van der Waals surface area contributed by atoms with Crippen molar-refractivity contribution in [2.75, 3.05) is 42.5 Å². The lowest BCUT2D eigenvalue weighted by atomic mass is 9.90. The topological polar surface area (TPSA) is 82.8 Å². The van der Waals surface area contributed by atoms with Crippen LogP contribution in [0, 0.1) is 5.92 Å². The van der Waals surface area contributed by atoms with E-state index in [1.807, 2.05) is 13.0 Å². The van der Waals surface area contributed by atoms with E-state index >= 15 is 0 Å². The van der Waals surface area contributed by atoms with Crippen molar-refractivity contribution < 1.29 is 9.59 Å². The highest BCUT2D eigenvalue weighted by Crippen LogP contribution is 2.33. The number of anilines is 2. The van der Waals surface area contributed by atoms with Crippen LogP contribution in [0.25, 0.3) is 10.1 Å². The van der Waals surface area contributed by atoms with Gasteiger partial charge in [0.1, 0.15) is 11.9 Å². The Morgan fingerprint density at radius 1 is 1.18 bits per heavy atom. The summed E-state index contributed by atoms with van der Waals surface area (Å²) >= 11 is 1.58. The van der Waals surface area contributed by atoms with Crippen LogP contribution >= 0.6 is 11.5 Å². The van der Waals surface area contributed by atoms with Gasteiger partial charge < -0.3 is 10.6 Å². The van der Waals surface area contributed by atoms with E-state index in [1.54, 1.807) is 23.4 Å². The van der Waals surface area contributed by atoms with Crippen LogP contribution in [0.15, 0.2) is 42.5 Å². The van der Waals surface area contributed by atoms with Crippen LogP contribution in [0.2, 0.25) is 0 Å². The second-order valence-electron chi connectivity index (χ2n) is 9.44. The number of aromatic nitrogens is 1. The van der Waals surface area contributed by atoms with Crippen molar-refractivity contribution in [1.82, 2.24) is 9.27 Å². The Kier molecular flexibility index (Phi) is 6.27. The van der Waals surface area contributed by atoms with Crippen LogP contribution in [-0.2, 0) is 22.4 Å². The van der Waals surface area contributed by atoms with Crippen LogP contribution in [0.4, 0.5) is 11.5 Å². The molecular weight excluding hydrogens is 446 g/mol. The highest BCUT2D eigenvalue weighted by Gasteiger charge is 2.35. The zero-order valence-corrected chi connectivity index (χ0v) is 20.6. The second kappa shape index (κ2) is 9.35. The van der Waals surface area contributed by atoms with Gasteiger partial charge in [-0.1, -0.05) is 31.2 Å². The lowest BCUT2D eigenvalue weighted by Crippen LogP contribution is -2.51. The van der Waals surface area contributed by atoms with Crippen molar-refractivity contribution in [2.45, 2.75) is 32.7 Å². The molecular formula is C26H31N5O2S. The van der Waals surface area contributed by atoms with Gasteiger partial charge in [-0.25, -0.2) is 0 Å². The summed E-state index contributed by atoms with van der Waals surface area (Å²) in [5.74, 6) is 0.451. The molecule has 0 aliphatic carbocycles. The van der Waals surface area contributed by atoms with E-state index in [1.165, 1.54) is 15.6 Å². The number of hydrogen-bond donors (Lipinski definition) is 1. The molecule has 5 rings (SSSR count). The largest absolute Gasteiger partial charge is 0.368 e. The molecule has 3 aromatic rings. The van der Waals surface area contributed by atoms with E-state index in [0.717, 1.165) is 56.2 Å². The molecule has 0 radical (unpaired) electrons. The van der Waals surface area contributed by atoms with E-state index < -0.39 is 11.9 Å². The molecule has 7 nitrogen and oxygen atoms in total.